The highest BCUT2D eigenvalue weighted by Gasteiger charge is 2.52. The molecule has 0 aromatic carbocycles. The molecular weight excluding hydrogens is 508 g/mol. The van der Waals surface area contributed by atoms with E-state index >= 15 is 0 Å². The van der Waals surface area contributed by atoms with E-state index < -0.39 is 11.8 Å². The second-order valence-corrected chi connectivity index (χ2v) is 15.6. The minimum atomic E-state index is -0.662. The Balaban J connectivity index is 2.62. The van der Waals surface area contributed by atoms with Crippen molar-refractivity contribution in [1.29, 1.82) is 0 Å². The van der Waals surface area contributed by atoms with Crippen LogP contribution in [-0.2, 0) is 9.53 Å². The molecule has 0 aromatic rings. The molecule has 0 aromatic heterocycles. The monoisotopic (exact) mass is 579 g/mol. The normalized spacial score (nSPS) is 24.6. The smallest absolute Gasteiger partial charge is 0.226 e. The van der Waals surface area contributed by atoms with Crippen LogP contribution >= 0.6 is 0 Å². The predicted octanol–water partition coefficient (Wildman–Crippen LogP) is 9.25. The molecular formula is C36H70N2O3. The van der Waals surface area contributed by atoms with E-state index in [-0.39, 0.29) is 27.9 Å². The third-order valence-corrected chi connectivity index (χ3v) is 11.3. The zero-order chi connectivity index (χ0) is 31.0. The third-order valence-electron chi connectivity index (χ3n) is 11.3. The maximum Gasteiger partial charge on any atom is 0.226 e. The first-order chi connectivity index (χ1) is 19.1. The molecule has 1 N–H and O–H groups in total. The summed E-state index contributed by atoms with van der Waals surface area (Å²) in [6.45, 7) is 23.7. The number of rotatable bonds is 9. The molecule has 41 heavy (non-hydrogen) atoms. The van der Waals surface area contributed by atoms with Gasteiger partial charge in [0.2, 0.25) is 5.91 Å². The maximum absolute atomic E-state index is 14.7. The topological polar surface area (TPSA) is 53.0 Å². The molecule has 2 aliphatic rings. The second kappa shape index (κ2) is 15.4. The average Bonchev–Trinajstić information content (AvgIpc) is 2.92. The van der Waals surface area contributed by atoms with E-state index in [9.17, 15) is 9.90 Å². The Morgan fingerprint density at radius 1 is 0.780 bits per heavy atom. The lowest BCUT2D eigenvalue weighted by Crippen LogP contribution is -2.66. The fourth-order valence-corrected chi connectivity index (χ4v) is 8.30. The summed E-state index contributed by atoms with van der Waals surface area (Å²) in [5.41, 5.74) is -1.24. The second-order valence-electron chi connectivity index (χ2n) is 15.6. The van der Waals surface area contributed by atoms with Gasteiger partial charge in [0.25, 0.3) is 0 Å². The van der Waals surface area contributed by atoms with Crippen molar-refractivity contribution in [3.8, 4) is 0 Å². The molecule has 0 bridgehead atoms. The predicted molar refractivity (Wildman–Crippen MR) is 174 cm³/mol. The SMILES string of the molecule is CCC(C)(CC)CC(O)CN1C(=O)CC(C)(C)N(C(C)(CC)CC)C(C)(C)COC12CCCCCCCCCCC2. The van der Waals surface area contributed by atoms with Crippen molar-refractivity contribution in [2.75, 3.05) is 13.2 Å². The van der Waals surface area contributed by atoms with Gasteiger partial charge < -0.3 is 14.7 Å². The molecule has 2 fully saturated rings. The van der Waals surface area contributed by atoms with E-state index in [1.165, 1.54) is 44.9 Å². The van der Waals surface area contributed by atoms with Crippen molar-refractivity contribution in [1.82, 2.24) is 9.80 Å². The summed E-state index contributed by atoms with van der Waals surface area (Å²) in [4.78, 5) is 19.4. The van der Waals surface area contributed by atoms with E-state index in [2.05, 4.69) is 79.0 Å². The molecule has 1 heterocycles. The Morgan fingerprint density at radius 3 is 1.68 bits per heavy atom. The van der Waals surface area contributed by atoms with Gasteiger partial charge in [-0.15, -0.1) is 0 Å². The third kappa shape index (κ3) is 9.42. The lowest BCUT2D eigenvalue weighted by molar-refractivity contribution is -0.200. The van der Waals surface area contributed by atoms with Gasteiger partial charge in [-0.25, -0.2) is 0 Å². The molecule has 2 rings (SSSR count). The van der Waals surface area contributed by atoms with Crippen molar-refractivity contribution >= 4 is 5.91 Å². The molecule has 1 aliphatic heterocycles. The fourth-order valence-electron chi connectivity index (χ4n) is 8.30. The highest BCUT2D eigenvalue weighted by atomic mass is 16.5. The Labute approximate surface area is 255 Å². The zero-order valence-corrected chi connectivity index (χ0v) is 29.2. The first kappa shape index (κ1) is 36.5. The number of aliphatic hydroxyl groups excluding tert-OH is 1. The van der Waals surface area contributed by atoms with E-state index in [1.807, 2.05) is 0 Å². The number of aliphatic hydroxyl groups is 1. The molecule has 1 amide bonds. The average molecular weight is 579 g/mol. The van der Waals surface area contributed by atoms with Crippen molar-refractivity contribution in [3.05, 3.63) is 0 Å². The zero-order valence-electron chi connectivity index (χ0n) is 29.2. The van der Waals surface area contributed by atoms with Crippen LogP contribution < -0.4 is 0 Å². The standard InChI is InChI=1S/C36H70N2O3/c1-11-34(9,12-2)26-30(39)28-37-31(40)27-32(5,6)38(35(10,13-3)14-4)33(7,8)29-41-36(37)24-22-20-18-16-15-17-19-21-23-25-36/h30,39H,11-29H2,1-10H3. The number of ether oxygens (including phenoxy) is 1. The fraction of sp³-hybridized carbons (Fsp3) is 0.972. The van der Waals surface area contributed by atoms with Gasteiger partial charge in [0.1, 0.15) is 5.72 Å². The number of β-amino-alcohol motifs (C(OH)–C–C–N with tert-alkyl or cyclic N) is 1. The van der Waals surface area contributed by atoms with Gasteiger partial charge in [-0.05, 0) is 85.0 Å². The first-order valence-electron chi connectivity index (χ1n) is 17.6. The minimum absolute atomic E-state index is 0.0466. The molecule has 5 heteroatoms. The van der Waals surface area contributed by atoms with Crippen LogP contribution in [0.15, 0.2) is 0 Å². The summed E-state index contributed by atoms with van der Waals surface area (Å²) < 4.78 is 7.24. The number of carbonyl (C=O) groups excluding carboxylic acids is 1. The van der Waals surface area contributed by atoms with Crippen molar-refractivity contribution in [3.63, 3.8) is 0 Å². The molecule has 1 atom stereocenters. The van der Waals surface area contributed by atoms with Gasteiger partial charge in [-0.1, -0.05) is 92.4 Å². The molecule has 1 aliphatic carbocycles. The Hall–Kier alpha value is -0.650. The van der Waals surface area contributed by atoms with E-state index in [0.717, 1.165) is 51.4 Å². The molecule has 1 saturated carbocycles. The van der Waals surface area contributed by atoms with Crippen LogP contribution in [-0.4, -0.2) is 62.4 Å². The Kier molecular flexibility index (Phi) is 13.7. The summed E-state index contributed by atoms with van der Waals surface area (Å²) in [6.07, 6.45) is 17.4. The van der Waals surface area contributed by atoms with Crippen LogP contribution in [0.1, 0.15) is 178 Å². The van der Waals surface area contributed by atoms with E-state index in [1.54, 1.807) is 0 Å². The largest absolute Gasteiger partial charge is 0.391 e. The quantitative estimate of drug-likeness (QED) is 0.296. The van der Waals surface area contributed by atoms with Gasteiger partial charge in [0.15, 0.2) is 0 Å². The number of hydrogen-bond donors (Lipinski definition) is 1. The highest BCUT2D eigenvalue weighted by Crippen LogP contribution is 2.44. The highest BCUT2D eigenvalue weighted by molar-refractivity contribution is 5.78. The molecule has 1 saturated heterocycles. The van der Waals surface area contributed by atoms with Gasteiger partial charge >= 0.3 is 0 Å². The first-order valence-corrected chi connectivity index (χ1v) is 17.6. The van der Waals surface area contributed by atoms with Crippen LogP contribution in [0.25, 0.3) is 0 Å². The van der Waals surface area contributed by atoms with Crippen molar-refractivity contribution in [2.45, 2.75) is 207 Å². The maximum atomic E-state index is 14.7. The number of hydrogen-bond acceptors (Lipinski definition) is 4. The van der Waals surface area contributed by atoms with Gasteiger partial charge in [-0.2, -0.15) is 0 Å². The van der Waals surface area contributed by atoms with Gasteiger partial charge in [0, 0.05) is 29.6 Å². The molecule has 1 spiro atoms. The van der Waals surface area contributed by atoms with Crippen LogP contribution in [0, 0.1) is 5.41 Å². The van der Waals surface area contributed by atoms with E-state index in [4.69, 9.17) is 4.74 Å². The van der Waals surface area contributed by atoms with Gasteiger partial charge in [0.05, 0.1) is 12.7 Å². The minimum Gasteiger partial charge on any atom is -0.391 e. The molecule has 5 nitrogen and oxygen atoms in total. The number of carbonyl (C=O) groups is 1. The summed E-state index contributed by atoms with van der Waals surface area (Å²) in [5, 5.41) is 11.6. The molecule has 1 unspecified atom stereocenters. The number of amides is 1. The lowest BCUT2D eigenvalue weighted by Gasteiger charge is -2.57. The van der Waals surface area contributed by atoms with Crippen LogP contribution in [0.5, 0.6) is 0 Å². The van der Waals surface area contributed by atoms with Crippen molar-refractivity contribution < 1.29 is 14.6 Å². The van der Waals surface area contributed by atoms with Crippen LogP contribution in [0.4, 0.5) is 0 Å². The van der Waals surface area contributed by atoms with Crippen molar-refractivity contribution in [2.24, 2.45) is 5.41 Å². The summed E-state index contributed by atoms with van der Waals surface area (Å²) in [7, 11) is 0. The summed E-state index contributed by atoms with van der Waals surface area (Å²) >= 11 is 0. The lowest BCUT2D eigenvalue weighted by atomic mass is 9.79. The van der Waals surface area contributed by atoms with Gasteiger partial charge in [-0.3, -0.25) is 9.69 Å². The Morgan fingerprint density at radius 2 is 1.24 bits per heavy atom. The van der Waals surface area contributed by atoms with E-state index in [0.29, 0.717) is 26.0 Å². The van der Waals surface area contributed by atoms with Crippen LogP contribution in [0.2, 0.25) is 0 Å². The van der Waals surface area contributed by atoms with Crippen LogP contribution in [0.3, 0.4) is 0 Å². The number of nitrogens with zero attached hydrogens (tertiary/aromatic N) is 2. The Bertz CT molecular complexity index is 772. The summed E-state index contributed by atoms with van der Waals surface area (Å²) in [6, 6.07) is 0. The summed E-state index contributed by atoms with van der Waals surface area (Å²) in [5.74, 6) is 0.146. The molecule has 242 valence electrons. The molecule has 0 radical (unpaired) electrons.